The molecule has 0 heterocycles. The summed E-state index contributed by atoms with van der Waals surface area (Å²) in [6.07, 6.45) is 8.35. The predicted octanol–water partition coefficient (Wildman–Crippen LogP) is 3.22. The average Bonchev–Trinajstić information content (AvgIpc) is 2.93. The van der Waals surface area contributed by atoms with Gasteiger partial charge in [0.15, 0.2) is 0 Å². The first-order valence-corrected chi connectivity index (χ1v) is 7.59. The van der Waals surface area contributed by atoms with Crippen molar-refractivity contribution < 1.29 is 4.74 Å². The Kier molecular flexibility index (Phi) is 4.87. The van der Waals surface area contributed by atoms with Gasteiger partial charge >= 0.3 is 0 Å². The first kappa shape index (κ1) is 13.4. The largest absolute Gasteiger partial charge is 0.381 e. The lowest BCUT2D eigenvalue weighted by Crippen LogP contribution is -2.39. The number of hydrogen-bond acceptors (Lipinski definition) is 2. The quantitative estimate of drug-likeness (QED) is 0.657. The van der Waals surface area contributed by atoms with Crippen LogP contribution in [0.15, 0.2) is 0 Å². The second kappa shape index (κ2) is 6.19. The van der Waals surface area contributed by atoms with Gasteiger partial charge in [-0.25, -0.2) is 0 Å². The number of hydrogen-bond donors (Lipinski definition) is 1. The van der Waals surface area contributed by atoms with Gasteiger partial charge in [0, 0.05) is 19.8 Å². The molecule has 2 aliphatic carbocycles. The van der Waals surface area contributed by atoms with Crippen LogP contribution in [0.25, 0.3) is 0 Å². The Hall–Kier alpha value is -0.0800. The molecule has 2 rings (SSSR count). The summed E-state index contributed by atoms with van der Waals surface area (Å²) in [4.78, 5) is 0. The minimum absolute atomic E-state index is 0.576. The maximum absolute atomic E-state index is 5.73. The van der Waals surface area contributed by atoms with Crippen LogP contribution in [-0.2, 0) is 4.74 Å². The zero-order chi connectivity index (χ0) is 12.1. The normalized spacial score (nSPS) is 35.6. The van der Waals surface area contributed by atoms with Gasteiger partial charge in [0.1, 0.15) is 0 Å². The van der Waals surface area contributed by atoms with Crippen LogP contribution in [-0.4, -0.2) is 26.3 Å². The van der Waals surface area contributed by atoms with Gasteiger partial charge in [-0.3, -0.25) is 0 Å². The molecule has 2 bridgehead atoms. The van der Waals surface area contributed by atoms with Gasteiger partial charge in [-0.2, -0.15) is 0 Å². The van der Waals surface area contributed by atoms with Crippen molar-refractivity contribution in [2.24, 2.45) is 17.3 Å². The van der Waals surface area contributed by atoms with E-state index in [4.69, 9.17) is 4.74 Å². The molecule has 2 saturated carbocycles. The van der Waals surface area contributed by atoms with E-state index in [2.05, 4.69) is 19.2 Å². The molecule has 0 aromatic carbocycles. The molecule has 0 spiro atoms. The summed E-state index contributed by atoms with van der Waals surface area (Å²) in [5.41, 5.74) is 0.576. The smallest absolute Gasteiger partial charge is 0.0471 e. The van der Waals surface area contributed by atoms with Crippen LogP contribution in [0.2, 0.25) is 0 Å². The van der Waals surface area contributed by atoms with Gasteiger partial charge in [-0.05, 0) is 55.9 Å². The Morgan fingerprint density at radius 2 is 2.12 bits per heavy atom. The molecule has 0 radical (unpaired) electrons. The van der Waals surface area contributed by atoms with Gasteiger partial charge < -0.3 is 10.1 Å². The second-order valence-corrected chi connectivity index (χ2v) is 6.09. The van der Waals surface area contributed by atoms with Gasteiger partial charge in [-0.15, -0.1) is 0 Å². The van der Waals surface area contributed by atoms with Crippen molar-refractivity contribution in [3.05, 3.63) is 0 Å². The van der Waals surface area contributed by atoms with Crippen molar-refractivity contribution >= 4 is 0 Å². The fourth-order valence-corrected chi connectivity index (χ4v) is 4.06. The highest BCUT2D eigenvalue weighted by molar-refractivity contribution is 5.01. The maximum Gasteiger partial charge on any atom is 0.0471 e. The monoisotopic (exact) mass is 239 g/mol. The molecule has 2 fully saturated rings. The lowest BCUT2D eigenvalue weighted by atomic mass is 9.71. The minimum atomic E-state index is 0.576. The van der Waals surface area contributed by atoms with Crippen LogP contribution in [0.3, 0.4) is 0 Å². The van der Waals surface area contributed by atoms with E-state index in [-0.39, 0.29) is 0 Å². The Morgan fingerprint density at radius 1 is 1.24 bits per heavy atom. The molecular weight excluding hydrogens is 210 g/mol. The van der Waals surface area contributed by atoms with Gasteiger partial charge in [0.2, 0.25) is 0 Å². The van der Waals surface area contributed by atoms with E-state index in [0.29, 0.717) is 5.41 Å². The van der Waals surface area contributed by atoms with E-state index in [1.807, 2.05) is 0 Å². The summed E-state index contributed by atoms with van der Waals surface area (Å²) in [5.74, 6) is 2.02. The molecule has 3 unspecified atom stereocenters. The van der Waals surface area contributed by atoms with E-state index < -0.39 is 0 Å². The topological polar surface area (TPSA) is 21.3 Å². The molecule has 2 nitrogen and oxygen atoms in total. The summed E-state index contributed by atoms with van der Waals surface area (Å²) >= 11 is 0. The van der Waals surface area contributed by atoms with Crippen molar-refractivity contribution in [2.75, 3.05) is 26.3 Å². The van der Waals surface area contributed by atoms with E-state index in [9.17, 15) is 0 Å². The first-order valence-electron chi connectivity index (χ1n) is 7.59. The van der Waals surface area contributed by atoms with Crippen LogP contribution < -0.4 is 5.32 Å². The molecule has 3 atom stereocenters. The Morgan fingerprint density at radius 3 is 2.71 bits per heavy atom. The van der Waals surface area contributed by atoms with Gasteiger partial charge in [0.25, 0.3) is 0 Å². The molecule has 0 aromatic rings. The Labute approximate surface area is 107 Å². The standard InChI is InChI=1S/C15H29NO/c1-3-8-17-9-7-15(12-16-4-2)11-13-5-6-14(15)10-13/h13-14,16H,3-12H2,1-2H3. The average molecular weight is 239 g/mol. The highest BCUT2D eigenvalue weighted by Crippen LogP contribution is 2.57. The van der Waals surface area contributed by atoms with Crippen molar-refractivity contribution in [2.45, 2.75) is 52.4 Å². The van der Waals surface area contributed by atoms with E-state index >= 15 is 0 Å². The fourth-order valence-electron chi connectivity index (χ4n) is 4.06. The van der Waals surface area contributed by atoms with E-state index in [0.717, 1.165) is 38.0 Å². The fraction of sp³-hybridized carbons (Fsp3) is 1.00. The van der Waals surface area contributed by atoms with Gasteiger partial charge in [-0.1, -0.05) is 20.3 Å². The third-order valence-corrected chi connectivity index (χ3v) is 4.92. The van der Waals surface area contributed by atoms with Crippen LogP contribution >= 0.6 is 0 Å². The molecule has 0 aliphatic heterocycles. The predicted molar refractivity (Wildman–Crippen MR) is 72.2 cm³/mol. The highest BCUT2D eigenvalue weighted by Gasteiger charge is 2.49. The molecule has 100 valence electrons. The van der Waals surface area contributed by atoms with Crippen molar-refractivity contribution in [1.29, 1.82) is 0 Å². The molecular formula is C15H29NO. The van der Waals surface area contributed by atoms with Crippen LogP contribution in [0.5, 0.6) is 0 Å². The summed E-state index contributed by atoms with van der Waals surface area (Å²) in [7, 11) is 0. The second-order valence-electron chi connectivity index (χ2n) is 6.09. The summed E-state index contributed by atoms with van der Waals surface area (Å²) in [6.45, 7) is 8.64. The third-order valence-electron chi connectivity index (χ3n) is 4.92. The van der Waals surface area contributed by atoms with Crippen molar-refractivity contribution in [3.63, 3.8) is 0 Å². The first-order chi connectivity index (χ1) is 8.30. The number of rotatable bonds is 8. The van der Waals surface area contributed by atoms with Gasteiger partial charge in [0.05, 0.1) is 0 Å². The Bertz CT molecular complexity index is 231. The number of ether oxygens (including phenoxy) is 1. The van der Waals surface area contributed by atoms with Crippen molar-refractivity contribution in [3.8, 4) is 0 Å². The summed E-state index contributed by atoms with van der Waals surface area (Å²) in [5, 5.41) is 3.60. The maximum atomic E-state index is 5.73. The summed E-state index contributed by atoms with van der Waals surface area (Å²) in [6, 6.07) is 0. The zero-order valence-electron chi connectivity index (χ0n) is 11.6. The molecule has 0 saturated heterocycles. The van der Waals surface area contributed by atoms with E-state index in [1.54, 1.807) is 0 Å². The van der Waals surface area contributed by atoms with Crippen LogP contribution in [0, 0.1) is 17.3 Å². The highest BCUT2D eigenvalue weighted by atomic mass is 16.5. The molecule has 2 aliphatic rings. The molecule has 0 aromatic heterocycles. The number of fused-ring (bicyclic) bond motifs is 2. The SMILES string of the molecule is CCCOCCC1(CNCC)CC2CCC1C2. The molecule has 2 heteroatoms. The van der Waals surface area contributed by atoms with Crippen LogP contribution in [0.1, 0.15) is 52.4 Å². The third kappa shape index (κ3) is 3.03. The molecule has 17 heavy (non-hydrogen) atoms. The van der Waals surface area contributed by atoms with Crippen molar-refractivity contribution in [1.82, 2.24) is 5.32 Å². The minimum Gasteiger partial charge on any atom is -0.381 e. The van der Waals surface area contributed by atoms with Crippen LogP contribution in [0.4, 0.5) is 0 Å². The van der Waals surface area contributed by atoms with E-state index in [1.165, 1.54) is 38.6 Å². The number of nitrogens with one attached hydrogen (secondary N) is 1. The lowest BCUT2D eigenvalue weighted by Gasteiger charge is -2.38. The Balaban J connectivity index is 1.84. The molecule has 0 amide bonds. The lowest BCUT2D eigenvalue weighted by molar-refractivity contribution is 0.0634. The summed E-state index contributed by atoms with van der Waals surface area (Å²) < 4.78 is 5.73. The zero-order valence-corrected chi connectivity index (χ0v) is 11.6. The molecule has 1 N–H and O–H groups in total.